The minimum Gasteiger partial charge on any atom is -0.493 e. The Morgan fingerprint density at radius 1 is 1.11 bits per heavy atom. The van der Waals surface area contributed by atoms with E-state index in [1.807, 2.05) is 0 Å². The summed E-state index contributed by atoms with van der Waals surface area (Å²) in [6.07, 6.45) is 3.18. The molecule has 1 fully saturated rings. The van der Waals surface area contributed by atoms with Crippen LogP contribution in [0.4, 0.5) is 13.2 Å². The van der Waals surface area contributed by atoms with E-state index in [-0.39, 0.29) is 17.6 Å². The summed E-state index contributed by atoms with van der Waals surface area (Å²) in [5.74, 6) is 0.0642. The van der Waals surface area contributed by atoms with Gasteiger partial charge in [0.05, 0.1) is 32.5 Å². The molecule has 3 heterocycles. The number of pyridine rings is 1. The van der Waals surface area contributed by atoms with E-state index in [9.17, 15) is 26.4 Å². The Morgan fingerprint density at radius 3 is 2.49 bits per heavy atom. The highest BCUT2D eigenvalue weighted by Gasteiger charge is 2.49. The third kappa shape index (κ3) is 4.93. The van der Waals surface area contributed by atoms with E-state index in [1.54, 1.807) is 18.2 Å². The van der Waals surface area contributed by atoms with Crippen LogP contribution in [0.2, 0.25) is 0 Å². The number of ether oxygens (including phenoxy) is 3. The molecule has 190 valence electrons. The Labute approximate surface area is 197 Å². The van der Waals surface area contributed by atoms with Gasteiger partial charge in [-0.1, -0.05) is 6.07 Å². The summed E-state index contributed by atoms with van der Waals surface area (Å²) in [5, 5.41) is 4.24. The Hall–Kier alpha value is -3.26. The van der Waals surface area contributed by atoms with Crippen LogP contribution in [0.1, 0.15) is 31.1 Å². The zero-order valence-corrected chi connectivity index (χ0v) is 19.6. The molecule has 14 heteroatoms. The zero-order chi connectivity index (χ0) is 25.4. The number of methoxy groups -OCH3 is 2. The fourth-order valence-electron chi connectivity index (χ4n) is 3.77. The van der Waals surface area contributed by atoms with Crippen LogP contribution >= 0.6 is 0 Å². The first kappa shape index (κ1) is 24.9. The molecular weight excluding hydrogens is 495 g/mol. The highest BCUT2D eigenvalue weighted by Crippen LogP contribution is 2.33. The largest absolute Gasteiger partial charge is 0.534 e. The van der Waals surface area contributed by atoms with Crippen molar-refractivity contribution in [3.63, 3.8) is 0 Å². The molecule has 0 N–H and O–H groups in total. The molecule has 0 bridgehead atoms. The number of benzene rings is 1. The van der Waals surface area contributed by atoms with Gasteiger partial charge in [-0.2, -0.15) is 26.7 Å². The summed E-state index contributed by atoms with van der Waals surface area (Å²) in [6.45, 7) is 0.449. The Kier molecular flexibility index (Phi) is 6.68. The SMILES string of the molecule is COc1ccc(Cn2c(=O)cc(OS(=O)(=O)C(F)(F)F)c3nn(C4CCCCO4)cc32)cc1OC. The third-order valence-corrected chi connectivity index (χ3v) is 6.45. The molecule has 4 rings (SSSR count). The van der Waals surface area contributed by atoms with Gasteiger partial charge in [0.2, 0.25) is 0 Å². The summed E-state index contributed by atoms with van der Waals surface area (Å²) >= 11 is 0. The van der Waals surface area contributed by atoms with E-state index in [0.717, 1.165) is 12.8 Å². The summed E-state index contributed by atoms with van der Waals surface area (Å²) < 4.78 is 85.2. The summed E-state index contributed by atoms with van der Waals surface area (Å²) in [4.78, 5) is 12.9. The second-order valence-electron chi connectivity index (χ2n) is 7.77. The van der Waals surface area contributed by atoms with Crippen molar-refractivity contribution in [1.82, 2.24) is 14.3 Å². The molecule has 0 saturated carbocycles. The molecule has 1 saturated heterocycles. The first-order valence-corrected chi connectivity index (χ1v) is 11.9. The van der Waals surface area contributed by atoms with Crippen LogP contribution in [0.25, 0.3) is 11.0 Å². The van der Waals surface area contributed by atoms with Crippen molar-refractivity contribution in [3.05, 3.63) is 46.4 Å². The molecule has 1 aliphatic rings. The van der Waals surface area contributed by atoms with Crippen molar-refractivity contribution in [1.29, 1.82) is 0 Å². The van der Waals surface area contributed by atoms with Gasteiger partial charge in [0, 0.05) is 12.7 Å². The Balaban J connectivity index is 1.84. The van der Waals surface area contributed by atoms with Gasteiger partial charge in [0.25, 0.3) is 5.56 Å². The van der Waals surface area contributed by atoms with Crippen LogP contribution in [0.3, 0.4) is 0 Å². The molecule has 0 spiro atoms. The quantitative estimate of drug-likeness (QED) is 0.347. The van der Waals surface area contributed by atoms with Crippen LogP contribution in [0.15, 0.2) is 35.3 Å². The third-order valence-electron chi connectivity index (χ3n) is 5.48. The molecule has 0 radical (unpaired) electrons. The first-order valence-electron chi connectivity index (χ1n) is 10.5. The molecular formula is C21H22F3N3O7S. The summed E-state index contributed by atoms with van der Waals surface area (Å²) in [7, 11) is -3.10. The number of aromatic nitrogens is 3. The smallest absolute Gasteiger partial charge is 0.493 e. The van der Waals surface area contributed by atoms with Gasteiger partial charge in [-0.05, 0) is 37.0 Å². The number of rotatable bonds is 7. The van der Waals surface area contributed by atoms with Crippen LogP contribution in [-0.4, -0.2) is 49.1 Å². The molecule has 1 aromatic carbocycles. The molecule has 1 atom stereocenters. The Bertz CT molecular complexity index is 1390. The molecule has 10 nitrogen and oxygen atoms in total. The summed E-state index contributed by atoms with van der Waals surface area (Å²) in [6, 6.07) is 5.64. The van der Waals surface area contributed by atoms with Crippen LogP contribution < -0.4 is 19.2 Å². The molecule has 0 amide bonds. The highest BCUT2D eigenvalue weighted by atomic mass is 32.2. The first-order chi connectivity index (χ1) is 16.5. The predicted octanol–water partition coefficient (Wildman–Crippen LogP) is 3.19. The van der Waals surface area contributed by atoms with Crippen molar-refractivity contribution in [3.8, 4) is 17.2 Å². The lowest BCUT2D eigenvalue weighted by atomic mass is 10.2. The van der Waals surface area contributed by atoms with Crippen molar-refractivity contribution in [2.45, 2.75) is 37.5 Å². The van der Waals surface area contributed by atoms with Crippen molar-refractivity contribution in [2.24, 2.45) is 0 Å². The topological polar surface area (TPSA) is 111 Å². The normalized spacial score (nSPS) is 16.9. The van der Waals surface area contributed by atoms with E-state index in [0.29, 0.717) is 36.2 Å². The van der Waals surface area contributed by atoms with E-state index in [1.165, 1.54) is 29.7 Å². The molecule has 1 aliphatic heterocycles. The van der Waals surface area contributed by atoms with E-state index < -0.39 is 33.2 Å². The van der Waals surface area contributed by atoms with Crippen LogP contribution in [0, 0.1) is 0 Å². The lowest BCUT2D eigenvalue weighted by molar-refractivity contribution is -0.0500. The average Bonchev–Trinajstić information content (AvgIpc) is 3.27. The second-order valence-corrected chi connectivity index (χ2v) is 9.31. The maximum absolute atomic E-state index is 13.0. The van der Waals surface area contributed by atoms with Crippen molar-refractivity contribution < 1.29 is 40.0 Å². The number of fused-ring (bicyclic) bond motifs is 1. The molecule has 3 aromatic rings. The predicted molar refractivity (Wildman–Crippen MR) is 117 cm³/mol. The fraction of sp³-hybridized carbons (Fsp3) is 0.429. The monoisotopic (exact) mass is 517 g/mol. The lowest BCUT2D eigenvalue weighted by Gasteiger charge is -2.22. The number of hydrogen-bond acceptors (Lipinski definition) is 8. The Morgan fingerprint density at radius 2 is 1.86 bits per heavy atom. The number of alkyl halides is 3. The molecule has 1 unspecified atom stereocenters. The van der Waals surface area contributed by atoms with Gasteiger partial charge in [-0.25, -0.2) is 4.68 Å². The van der Waals surface area contributed by atoms with Gasteiger partial charge in [0.1, 0.15) is 6.23 Å². The minimum atomic E-state index is -6.02. The van der Waals surface area contributed by atoms with Crippen LogP contribution in [0.5, 0.6) is 17.2 Å². The fourth-order valence-corrected chi connectivity index (χ4v) is 4.22. The molecule has 35 heavy (non-hydrogen) atoms. The maximum atomic E-state index is 13.0. The lowest BCUT2D eigenvalue weighted by Crippen LogP contribution is -2.29. The van der Waals surface area contributed by atoms with Gasteiger partial charge in [-0.3, -0.25) is 4.79 Å². The van der Waals surface area contributed by atoms with E-state index >= 15 is 0 Å². The zero-order valence-electron chi connectivity index (χ0n) is 18.7. The number of halogens is 3. The maximum Gasteiger partial charge on any atom is 0.534 e. The second kappa shape index (κ2) is 9.41. The van der Waals surface area contributed by atoms with E-state index in [4.69, 9.17) is 14.2 Å². The van der Waals surface area contributed by atoms with Gasteiger partial charge in [0.15, 0.2) is 22.8 Å². The number of hydrogen-bond donors (Lipinski definition) is 0. The minimum absolute atomic E-state index is 0.0147. The van der Waals surface area contributed by atoms with Gasteiger partial charge >= 0.3 is 15.6 Å². The highest BCUT2D eigenvalue weighted by molar-refractivity contribution is 7.88. The van der Waals surface area contributed by atoms with E-state index in [2.05, 4.69) is 9.28 Å². The molecule has 0 aliphatic carbocycles. The molecule has 2 aromatic heterocycles. The average molecular weight is 517 g/mol. The van der Waals surface area contributed by atoms with Crippen molar-refractivity contribution in [2.75, 3.05) is 20.8 Å². The van der Waals surface area contributed by atoms with Gasteiger partial charge in [-0.15, -0.1) is 0 Å². The number of nitrogens with zero attached hydrogens (tertiary/aromatic N) is 3. The van der Waals surface area contributed by atoms with Crippen molar-refractivity contribution >= 4 is 21.2 Å². The standard InChI is InChI=1S/C21H22F3N3O7S/c1-31-15-7-6-13(9-16(15)32-2)11-26-14-12-27(19-5-3-4-8-33-19)25-20(14)17(10-18(26)28)34-35(29,30)21(22,23)24/h6-7,9-10,12,19H,3-5,8,11H2,1-2H3. The van der Waals surface area contributed by atoms with Crippen LogP contribution in [-0.2, 0) is 21.4 Å². The van der Waals surface area contributed by atoms with Gasteiger partial charge < -0.3 is 23.0 Å². The summed E-state index contributed by atoms with van der Waals surface area (Å²) in [5.41, 5.74) is -6.00.